The predicted molar refractivity (Wildman–Crippen MR) is 202 cm³/mol. The van der Waals surface area contributed by atoms with E-state index in [4.69, 9.17) is 16.4 Å². The molecule has 10 aromatic rings. The van der Waals surface area contributed by atoms with Gasteiger partial charge in [0.25, 0.3) is 0 Å². The van der Waals surface area contributed by atoms with E-state index >= 15 is 0 Å². The van der Waals surface area contributed by atoms with E-state index in [2.05, 4.69) is 0 Å². The third-order valence-corrected chi connectivity index (χ3v) is 8.81. The molecule has 0 saturated heterocycles. The van der Waals surface area contributed by atoms with E-state index in [-0.39, 0.29) is 0 Å². The summed E-state index contributed by atoms with van der Waals surface area (Å²) in [5.41, 5.74) is -12.0. The summed E-state index contributed by atoms with van der Waals surface area (Å²) in [7, 11) is 0. The van der Waals surface area contributed by atoms with Gasteiger partial charge in [-0.3, -0.25) is 0 Å². The first kappa shape index (κ1) is 10.1. The van der Waals surface area contributed by atoms with Crippen LogP contribution in [-0.4, -0.2) is 0 Å². The van der Waals surface area contributed by atoms with Crippen molar-refractivity contribution in [1.29, 1.82) is 0 Å². The highest BCUT2D eigenvalue weighted by molar-refractivity contribution is 6.27. The van der Waals surface area contributed by atoms with Crippen molar-refractivity contribution in [2.45, 2.75) is 19.1 Å². The van der Waals surface area contributed by atoms with E-state index in [1.807, 2.05) is 0 Å². The Balaban J connectivity index is 1.54. The second kappa shape index (κ2) is 8.75. The summed E-state index contributed by atoms with van der Waals surface area (Å²) in [5, 5.41) is -6.51. The minimum Gasteiger partial charge on any atom is -0.0619 e. The van der Waals surface area contributed by atoms with E-state index in [0.717, 1.165) is 0 Å². The van der Waals surface area contributed by atoms with Gasteiger partial charge in [0.05, 0.1) is 32.9 Å². The molecule has 1 aliphatic rings. The summed E-state index contributed by atoms with van der Waals surface area (Å²) >= 11 is 0. The lowest BCUT2D eigenvalue weighted by Gasteiger charge is -2.24. The van der Waals surface area contributed by atoms with Crippen LogP contribution < -0.4 is 0 Å². The van der Waals surface area contributed by atoms with Crippen LogP contribution in [0, 0.1) is 0 Å². The quantitative estimate of drug-likeness (QED) is 0.168. The van der Waals surface area contributed by atoms with E-state index in [0.29, 0.717) is 0 Å². The molecule has 11 rings (SSSR count). The summed E-state index contributed by atoms with van der Waals surface area (Å²) in [4.78, 5) is 0. The first-order valence-corrected chi connectivity index (χ1v) is 14.2. The molecule has 0 radical (unpaired) electrons. The van der Waals surface area contributed by atoms with E-state index in [9.17, 15) is 24.7 Å². The van der Waals surface area contributed by atoms with E-state index in [1.165, 1.54) is 0 Å². The molecule has 218 valence electrons. The van der Waals surface area contributed by atoms with Gasteiger partial charge in [-0.2, -0.15) is 0 Å². The van der Waals surface area contributed by atoms with E-state index in [1.54, 1.807) is 0 Å². The number of fused-ring (bicyclic) bond motifs is 3. The maximum atomic E-state index is 10.4. The van der Waals surface area contributed by atoms with Crippen molar-refractivity contribution < 1.29 is 41.1 Å². The van der Waals surface area contributed by atoms with Gasteiger partial charge in [-0.25, -0.2) is 0 Å². The molecule has 0 N–H and O–H groups in total. The van der Waals surface area contributed by atoms with Crippen LogP contribution in [0.2, 0.25) is 0 Å². The van der Waals surface area contributed by atoms with Crippen LogP contribution in [0.1, 0.15) is 66.0 Å². The van der Waals surface area contributed by atoms with Crippen molar-refractivity contribution in [2.75, 3.05) is 0 Å². The third kappa shape index (κ3) is 3.23. The first-order valence-electron chi connectivity index (χ1n) is 29.2. The molecule has 0 nitrogen and oxygen atoms in total. The Kier molecular flexibility index (Phi) is 1.89. The monoisotopic (exact) mass is 624 g/mol. The Hall–Kier alpha value is -5.72. The molecule has 0 bridgehead atoms. The van der Waals surface area contributed by atoms with Crippen LogP contribution in [0.15, 0.2) is 145 Å². The van der Waals surface area contributed by atoms with Gasteiger partial charge in [0.1, 0.15) is 0 Å². The average Bonchev–Trinajstić information content (AvgIpc) is 4.00. The van der Waals surface area contributed by atoms with Crippen LogP contribution in [0.25, 0.3) is 98.0 Å². The molecule has 0 atom stereocenters. The lowest BCUT2D eigenvalue weighted by atomic mass is 9.79. The first-order chi connectivity index (χ1) is 35.6. The zero-order valence-electron chi connectivity index (χ0n) is 53.5. The van der Waals surface area contributed by atoms with Gasteiger partial charge in [0.2, 0.25) is 0 Å². The van der Waals surface area contributed by atoms with Gasteiger partial charge in [-0.15, -0.1) is 0 Å². The fraction of sp³-hybridized carbons (Fsp3) is 0.0638. The molecule has 0 fully saturated rings. The molecule has 0 aliphatic heterocycles. The molecule has 1 aliphatic carbocycles. The zero-order chi connectivity index (χ0) is 56.9. The lowest BCUT2D eigenvalue weighted by Crippen LogP contribution is -2.15. The van der Waals surface area contributed by atoms with Crippen molar-refractivity contribution >= 4 is 64.6 Å². The van der Waals surface area contributed by atoms with Crippen LogP contribution in [0.5, 0.6) is 0 Å². The molecule has 0 heterocycles. The topological polar surface area (TPSA) is 0 Å². The Morgan fingerprint density at radius 2 is 0.915 bits per heavy atom. The maximum Gasteiger partial charge on any atom is 0.0636 e. The van der Waals surface area contributed by atoms with Crippen molar-refractivity contribution in [3.8, 4) is 33.4 Å². The van der Waals surface area contributed by atoms with Crippen LogP contribution >= 0.6 is 0 Å². The molecule has 10 aromatic carbocycles. The summed E-state index contributed by atoms with van der Waals surface area (Å²) < 4.78 is 277. The standard InChI is InChI=1S/C47H30/c1-47(2)40-12-4-3-11-38(40)46-39(35-22-18-32-16-14-28-8-6-10-30-20-24-37(35)45(32)43(28)30)25-33(26-41(46)47)34-21-17-31-15-13-27-7-5-9-29-19-23-36(34)44(31)42(27)29/h3-26H,1-2H3/i1D3,2D3,3D,4D,5D,6D,7D,8D,9D,10D,11D,12D,13D,14D,15D,16D,17D,18D,19D,20D,21D,22D,23D,24D,25D,26D. The smallest absolute Gasteiger partial charge is 0.0619 e. The highest BCUT2D eigenvalue weighted by Gasteiger charge is 2.37. The molecular formula is C47H30. The number of benzene rings is 10. The molecule has 0 amide bonds. The molecule has 0 unspecified atom stereocenters. The largest absolute Gasteiger partial charge is 0.0636 e. The van der Waals surface area contributed by atoms with Gasteiger partial charge in [0, 0.05) is 13.6 Å². The minimum absolute atomic E-state index is 0.410. The number of hydrogen-bond acceptors (Lipinski definition) is 0. The molecule has 0 heteroatoms. The van der Waals surface area contributed by atoms with Gasteiger partial charge in [0.15, 0.2) is 0 Å². The van der Waals surface area contributed by atoms with Crippen molar-refractivity contribution in [2.24, 2.45) is 0 Å². The predicted octanol–water partition coefficient (Wildman–Crippen LogP) is 13.1. The Bertz CT molecular complexity index is 4440. The average molecular weight is 625 g/mol. The summed E-state index contributed by atoms with van der Waals surface area (Å²) in [6.07, 6.45) is 0. The Labute approximate surface area is 315 Å². The molecule has 0 spiro atoms. The molecule has 0 saturated carbocycles. The Morgan fingerprint density at radius 1 is 0.404 bits per heavy atom. The SMILES string of the molecule is [2H]c1c([2H])c([2H])c2c(c1[2H])-c1c(-c3c([2H])c([2H])c4c([2H])c([2H])c5c([2H])c([2H])c([2H])c6c([2H])c([2H])c3c4c56)c([2H])c(-c3c([2H])c([2H])c4c([2H])c([2H])c5c([2H])c([2H])c([2H])c6c([2H])c([2H])c3c4c56)c([2H])c1C2(C([2H])([2H])[2H])C([2H])([2H])[2H]. The normalized spacial score (nSPS) is 23.5. The maximum absolute atomic E-state index is 10.4. The fourth-order valence-corrected chi connectivity index (χ4v) is 6.78. The van der Waals surface area contributed by atoms with Crippen molar-refractivity contribution in [1.82, 2.24) is 0 Å². The van der Waals surface area contributed by atoms with Crippen molar-refractivity contribution in [3.63, 3.8) is 0 Å². The van der Waals surface area contributed by atoms with E-state index < -0.39 is 273 Å². The van der Waals surface area contributed by atoms with Crippen LogP contribution in [0.4, 0.5) is 0 Å². The number of hydrogen-bond donors (Lipinski definition) is 0. The second-order valence-corrected chi connectivity index (χ2v) is 11.2. The molecule has 47 heavy (non-hydrogen) atoms. The Morgan fingerprint density at radius 3 is 1.53 bits per heavy atom. The summed E-state index contributed by atoms with van der Waals surface area (Å²) in [6, 6.07) is -23.4. The zero-order valence-corrected chi connectivity index (χ0v) is 23.5. The molecule has 0 aromatic heterocycles. The molecular weight excluding hydrogens is 565 g/mol. The van der Waals surface area contributed by atoms with Gasteiger partial charge in [-0.1, -0.05) is 147 Å². The highest BCUT2D eigenvalue weighted by Crippen LogP contribution is 2.55. The highest BCUT2D eigenvalue weighted by atomic mass is 14.4. The number of rotatable bonds is 2. The second-order valence-electron chi connectivity index (χ2n) is 11.2. The third-order valence-electron chi connectivity index (χ3n) is 8.81. The fourth-order valence-electron chi connectivity index (χ4n) is 6.78. The minimum atomic E-state index is -4.03. The van der Waals surface area contributed by atoms with Gasteiger partial charge < -0.3 is 0 Å². The van der Waals surface area contributed by atoms with Crippen molar-refractivity contribution in [3.05, 3.63) is 156 Å². The lowest BCUT2D eigenvalue weighted by molar-refractivity contribution is 0.661. The van der Waals surface area contributed by atoms with Crippen LogP contribution in [-0.2, 0) is 5.41 Å². The van der Waals surface area contributed by atoms with Gasteiger partial charge >= 0.3 is 0 Å². The summed E-state index contributed by atoms with van der Waals surface area (Å²) in [6.45, 7) is -8.06. The van der Waals surface area contributed by atoms with Crippen LogP contribution in [0.3, 0.4) is 0 Å². The van der Waals surface area contributed by atoms with Gasteiger partial charge in [-0.05, 0) is 121 Å². The summed E-state index contributed by atoms with van der Waals surface area (Å²) in [5.74, 6) is 0.